The van der Waals surface area contributed by atoms with Crippen LogP contribution in [0.2, 0.25) is 0 Å². The monoisotopic (exact) mass is 413 g/mol. The predicted molar refractivity (Wildman–Crippen MR) is 124 cm³/mol. The van der Waals surface area contributed by atoms with Crippen molar-refractivity contribution in [1.29, 1.82) is 0 Å². The highest BCUT2D eigenvalue weighted by Gasteiger charge is 2.32. The molecule has 2 aromatic heterocycles. The number of carbonyl (C=O) groups is 1. The Bertz CT molecular complexity index is 1100. The number of nitrogens with one attached hydrogen (secondary N) is 1. The molecular formula is C25H27N5O. The van der Waals surface area contributed by atoms with E-state index in [0.717, 1.165) is 48.6 Å². The third-order valence-electron chi connectivity index (χ3n) is 6.31. The Kier molecular flexibility index (Phi) is 5.06. The molecule has 3 heterocycles. The smallest absolute Gasteiger partial charge is 0.231 e. The second-order valence-electron chi connectivity index (χ2n) is 8.54. The summed E-state index contributed by atoms with van der Waals surface area (Å²) in [6.45, 7) is 0.468. The third kappa shape index (κ3) is 3.74. The summed E-state index contributed by atoms with van der Waals surface area (Å²) in [6, 6.07) is 16.5. The van der Waals surface area contributed by atoms with Gasteiger partial charge < -0.3 is 10.2 Å². The molecule has 158 valence electrons. The molecule has 0 fully saturated rings. The van der Waals surface area contributed by atoms with Gasteiger partial charge in [0.2, 0.25) is 5.91 Å². The van der Waals surface area contributed by atoms with Crippen LogP contribution in [-0.4, -0.2) is 30.0 Å². The first kappa shape index (κ1) is 19.5. The highest BCUT2D eigenvalue weighted by Crippen LogP contribution is 2.37. The number of benzene rings is 1. The zero-order valence-electron chi connectivity index (χ0n) is 18.0. The molecule has 0 atom stereocenters. The van der Waals surface area contributed by atoms with Gasteiger partial charge in [-0.05, 0) is 55.0 Å². The van der Waals surface area contributed by atoms with Crippen molar-refractivity contribution in [2.75, 3.05) is 29.2 Å². The minimum absolute atomic E-state index is 0.0247. The molecule has 31 heavy (non-hydrogen) atoms. The number of carbonyl (C=O) groups excluding carboxylic acids is 1. The van der Waals surface area contributed by atoms with Crippen LogP contribution in [0.3, 0.4) is 0 Å². The van der Waals surface area contributed by atoms with Crippen LogP contribution in [0.5, 0.6) is 0 Å². The van der Waals surface area contributed by atoms with E-state index in [1.807, 2.05) is 48.2 Å². The van der Waals surface area contributed by atoms with Gasteiger partial charge in [0.1, 0.15) is 11.6 Å². The Labute approximate surface area is 182 Å². The van der Waals surface area contributed by atoms with Crippen LogP contribution in [0.4, 0.5) is 23.1 Å². The highest BCUT2D eigenvalue weighted by atomic mass is 16.2. The number of nitrogens with zero attached hydrogens (tertiary/aromatic N) is 4. The summed E-state index contributed by atoms with van der Waals surface area (Å²) < 4.78 is 0. The number of hydrogen-bond acceptors (Lipinski definition) is 5. The van der Waals surface area contributed by atoms with Crippen molar-refractivity contribution in [3.8, 4) is 0 Å². The largest absolute Gasteiger partial charge is 0.363 e. The van der Waals surface area contributed by atoms with Crippen LogP contribution < -0.4 is 15.1 Å². The highest BCUT2D eigenvalue weighted by molar-refractivity contribution is 5.98. The predicted octanol–water partition coefficient (Wildman–Crippen LogP) is 4.33. The lowest BCUT2D eigenvalue weighted by Crippen LogP contribution is -2.36. The summed E-state index contributed by atoms with van der Waals surface area (Å²) >= 11 is 0. The Balaban J connectivity index is 1.51. The summed E-state index contributed by atoms with van der Waals surface area (Å²) in [5.41, 5.74) is 4.56. The topological polar surface area (TPSA) is 61.4 Å². The van der Waals surface area contributed by atoms with Crippen molar-refractivity contribution in [1.82, 2.24) is 9.97 Å². The van der Waals surface area contributed by atoms with E-state index in [1.165, 1.54) is 11.1 Å². The summed E-state index contributed by atoms with van der Waals surface area (Å²) in [6.07, 6.45) is 5.38. The van der Waals surface area contributed by atoms with Gasteiger partial charge >= 0.3 is 0 Å². The van der Waals surface area contributed by atoms with Gasteiger partial charge in [-0.15, -0.1) is 0 Å². The minimum atomic E-state index is -0.0247. The van der Waals surface area contributed by atoms with E-state index in [0.29, 0.717) is 12.4 Å². The molecule has 0 unspecified atom stereocenters. The first-order chi connectivity index (χ1) is 15.1. The number of hydrogen-bond donors (Lipinski definition) is 1. The molecule has 0 saturated heterocycles. The van der Waals surface area contributed by atoms with Gasteiger partial charge in [-0.1, -0.05) is 30.3 Å². The van der Waals surface area contributed by atoms with Crippen LogP contribution in [0.1, 0.15) is 29.5 Å². The molecule has 1 aromatic carbocycles. The van der Waals surface area contributed by atoms with Crippen LogP contribution in [0.25, 0.3) is 0 Å². The normalized spacial score (nSPS) is 15.6. The van der Waals surface area contributed by atoms with Crippen molar-refractivity contribution >= 4 is 29.0 Å². The lowest BCUT2D eigenvalue weighted by Gasteiger charge is -2.27. The molecule has 0 saturated carbocycles. The number of fused-ring (bicyclic) bond motifs is 3. The zero-order chi connectivity index (χ0) is 21.4. The second-order valence-corrected chi connectivity index (χ2v) is 8.54. The van der Waals surface area contributed by atoms with Gasteiger partial charge in [-0.2, -0.15) is 0 Å². The molecule has 5 rings (SSSR count). The molecule has 0 spiro atoms. The number of amides is 1. The van der Waals surface area contributed by atoms with Gasteiger partial charge in [-0.3, -0.25) is 9.69 Å². The lowest BCUT2D eigenvalue weighted by atomic mass is 9.97. The molecule has 6 heteroatoms. The van der Waals surface area contributed by atoms with Gasteiger partial charge in [0, 0.05) is 31.8 Å². The molecule has 3 aromatic rings. The maximum Gasteiger partial charge on any atom is 0.231 e. The van der Waals surface area contributed by atoms with Crippen LogP contribution in [-0.2, 0) is 24.2 Å². The molecule has 0 radical (unpaired) electrons. The van der Waals surface area contributed by atoms with Crippen molar-refractivity contribution < 1.29 is 4.79 Å². The van der Waals surface area contributed by atoms with E-state index in [-0.39, 0.29) is 11.8 Å². The van der Waals surface area contributed by atoms with Crippen molar-refractivity contribution in [2.45, 2.75) is 32.2 Å². The number of rotatable bonds is 2. The van der Waals surface area contributed by atoms with E-state index in [9.17, 15) is 4.79 Å². The SMILES string of the molecule is CN(C)c1ccc2c(n1)N(C(=O)C1CCc3ccccc3CC1)Cc1cccnc1N2. The summed E-state index contributed by atoms with van der Waals surface area (Å²) in [7, 11) is 3.92. The summed E-state index contributed by atoms with van der Waals surface area (Å²) in [5, 5.41) is 3.40. The lowest BCUT2D eigenvalue weighted by molar-refractivity contribution is -0.122. The van der Waals surface area contributed by atoms with Crippen molar-refractivity contribution in [3.63, 3.8) is 0 Å². The Morgan fingerprint density at radius 2 is 1.71 bits per heavy atom. The summed E-state index contributed by atoms with van der Waals surface area (Å²) in [5.74, 6) is 2.41. The maximum absolute atomic E-state index is 13.9. The third-order valence-corrected chi connectivity index (χ3v) is 6.31. The molecule has 6 nitrogen and oxygen atoms in total. The first-order valence-corrected chi connectivity index (χ1v) is 10.9. The Morgan fingerprint density at radius 1 is 1.00 bits per heavy atom. The summed E-state index contributed by atoms with van der Waals surface area (Å²) in [4.78, 5) is 27.1. The molecule has 1 aliphatic heterocycles. The fourth-order valence-corrected chi connectivity index (χ4v) is 4.54. The van der Waals surface area contributed by atoms with E-state index >= 15 is 0 Å². The van der Waals surface area contributed by atoms with E-state index in [1.54, 1.807) is 6.20 Å². The van der Waals surface area contributed by atoms with Gasteiger partial charge in [-0.25, -0.2) is 9.97 Å². The van der Waals surface area contributed by atoms with Crippen LogP contribution in [0, 0.1) is 5.92 Å². The van der Waals surface area contributed by atoms with Gasteiger partial charge in [0.05, 0.1) is 12.2 Å². The first-order valence-electron chi connectivity index (χ1n) is 10.9. The van der Waals surface area contributed by atoms with E-state index in [2.05, 4.69) is 34.6 Å². The molecule has 1 amide bonds. The molecule has 1 aliphatic carbocycles. The van der Waals surface area contributed by atoms with Crippen LogP contribution in [0.15, 0.2) is 54.7 Å². The quantitative estimate of drug-likeness (QED) is 0.634. The Morgan fingerprint density at radius 3 is 2.42 bits per heavy atom. The second kappa shape index (κ2) is 8.02. The average Bonchev–Trinajstić information content (AvgIpc) is 3.10. The maximum atomic E-state index is 13.9. The Hall–Kier alpha value is -3.41. The average molecular weight is 414 g/mol. The fourth-order valence-electron chi connectivity index (χ4n) is 4.54. The van der Waals surface area contributed by atoms with Gasteiger partial charge in [0.25, 0.3) is 0 Å². The molecular weight excluding hydrogens is 386 g/mol. The standard InChI is InChI=1S/C25H27N5O/c1-29(2)22-14-13-21-24(28-22)30(16-20-8-5-15-26-23(20)27-21)25(31)19-11-9-17-6-3-4-7-18(17)10-12-19/h3-8,13-15,19H,9-12,16H2,1-2H3,(H,26,27). The zero-order valence-corrected chi connectivity index (χ0v) is 18.0. The van der Waals surface area contributed by atoms with Crippen molar-refractivity contribution in [2.24, 2.45) is 5.92 Å². The van der Waals surface area contributed by atoms with Crippen molar-refractivity contribution in [3.05, 3.63) is 71.4 Å². The molecule has 2 aliphatic rings. The number of aromatic nitrogens is 2. The fraction of sp³-hybridized carbons (Fsp3) is 0.320. The molecule has 1 N–H and O–H groups in total. The van der Waals surface area contributed by atoms with Crippen LogP contribution >= 0.6 is 0 Å². The van der Waals surface area contributed by atoms with Gasteiger partial charge in [0.15, 0.2) is 5.82 Å². The minimum Gasteiger partial charge on any atom is -0.363 e. The molecule has 0 bridgehead atoms. The van der Waals surface area contributed by atoms with E-state index < -0.39 is 0 Å². The number of aryl methyl sites for hydroxylation is 2. The number of anilines is 4. The van der Waals surface area contributed by atoms with E-state index in [4.69, 9.17) is 4.98 Å². The number of pyridine rings is 2.